The van der Waals surface area contributed by atoms with E-state index >= 15 is 0 Å². The third-order valence-electron chi connectivity index (χ3n) is 3.10. The summed E-state index contributed by atoms with van der Waals surface area (Å²) >= 11 is 0. The van der Waals surface area contributed by atoms with E-state index in [4.69, 9.17) is 5.73 Å². The van der Waals surface area contributed by atoms with Gasteiger partial charge in [0.25, 0.3) is 0 Å². The lowest BCUT2D eigenvalue weighted by atomic mass is 9.94. The maximum absolute atomic E-state index is 11.6. The number of unbranched alkanes of at least 4 members (excludes halogenated alkanes) is 1. The minimum absolute atomic E-state index is 0.135. The van der Waals surface area contributed by atoms with E-state index in [9.17, 15) is 9.59 Å². The molecular weight excluding hydrogens is 218 g/mol. The van der Waals surface area contributed by atoms with Crippen molar-refractivity contribution in [1.82, 2.24) is 10.6 Å². The average molecular weight is 241 g/mol. The second kappa shape index (κ2) is 8.06. The topological polar surface area (TPSA) is 84.2 Å². The highest BCUT2D eigenvalue weighted by atomic mass is 16.1. The van der Waals surface area contributed by atoms with Crippen molar-refractivity contribution in [3.63, 3.8) is 0 Å². The SMILES string of the molecule is NC(=O)CCCCNC(=O)CC1CCNCC1. The standard InChI is InChI=1S/C12H23N3O2/c13-11(16)3-1-2-6-15-12(17)9-10-4-7-14-8-5-10/h10,14H,1-9H2,(H2,13,16)(H,15,17). The van der Waals surface area contributed by atoms with Crippen molar-refractivity contribution < 1.29 is 9.59 Å². The van der Waals surface area contributed by atoms with Gasteiger partial charge in [-0.3, -0.25) is 9.59 Å². The largest absolute Gasteiger partial charge is 0.370 e. The highest BCUT2D eigenvalue weighted by Gasteiger charge is 2.16. The molecule has 0 radical (unpaired) electrons. The Bertz CT molecular complexity index is 250. The molecule has 0 aromatic rings. The van der Waals surface area contributed by atoms with Gasteiger partial charge >= 0.3 is 0 Å². The van der Waals surface area contributed by atoms with E-state index in [0.29, 0.717) is 25.3 Å². The number of piperidine rings is 1. The van der Waals surface area contributed by atoms with Crippen LogP contribution in [-0.4, -0.2) is 31.4 Å². The van der Waals surface area contributed by atoms with Crippen LogP contribution in [0.3, 0.4) is 0 Å². The molecule has 1 saturated heterocycles. The van der Waals surface area contributed by atoms with E-state index in [1.165, 1.54) is 0 Å². The van der Waals surface area contributed by atoms with Gasteiger partial charge in [-0.15, -0.1) is 0 Å². The molecule has 0 aromatic carbocycles. The van der Waals surface area contributed by atoms with E-state index in [2.05, 4.69) is 10.6 Å². The molecule has 1 aliphatic heterocycles. The summed E-state index contributed by atoms with van der Waals surface area (Å²) in [5, 5.41) is 6.18. The number of nitrogens with one attached hydrogen (secondary N) is 2. The number of carbonyl (C=O) groups excluding carboxylic acids is 2. The Kier molecular flexibility index (Phi) is 6.62. The Morgan fingerprint density at radius 1 is 1.24 bits per heavy atom. The number of carbonyl (C=O) groups is 2. The summed E-state index contributed by atoms with van der Waals surface area (Å²) in [7, 11) is 0. The van der Waals surface area contributed by atoms with Gasteiger partial charge in [0, 0.05) is 19.4 Å². The molecule has 0 spiro atoms. The molecule has 1 aliphatic rings. The predicted molar refractivity (Wildman–Crippen MR) is 66.3 cm³/mol. The van der Waals surface area contributed by atoms with Gasteiger partial charge < -0.3 is 16.4 Å². The zero-order chi connectivity index (χ0) is 12.5. The van der Waals surface area contributed by atoms with Gasteiger partial charge in [0.15, 0.2) is 0 Å². The first-order chi connectivity index (χ1) is 8.18. The second-order valence-corrected chi connectivity index (χ2v) is 4.67. The van der Waals surface area contributed by atoms with Crippen LogP contribution in [0, 0.1) is 5.92 Å². The number of hydrogen-bond donors (Lipinski definition) is 3. The van der Waals surface area contributed by atoms with Crippen molar-refractivity contribution in [2.75, 3.05) is 19.6 Å². The van der Waals surface area contributed by atoms with Crippen LogP contribution in [0.5, 0.6) is 0 Å². The van der Waals surface area contributed by atoms with Crippen LogP contribution in [0.2, 0.25) is 0 Å². The molecule has 17 heavy (non-hydrogen) atoms. The van der Waals surface area contributed by atoms with Crippen molar-refractivity contribution >= 4 is 11.8 Å². The van der Waals surface area contributed by atoms with E-state index < -0.39 is 0 Å². The molecule has 98 valence electrons. The van der Waals surface area contributed by atoms with Crippen LogP contribution in [0.15, 0.2) is 0 Å². The van der Waals surface area contributed by atoms with Crippen LogP contribution >= 0.6 is 0 Å². The lowest BCUT2D eigenvalue weighted by Gasteiger charge is -2.21. The Morgan fingerprint density at radius 2 is 1.94 bits per heavy atom. The molecule has 1 heterocycles. The summed E-state index contributed by atoms with van der Waals surface area (Å²) < 4.78 is 0. The number of hydrogen-bond acceptors (Lipinski definition) is 3. The van der Waals surface area contributed by atoms with E-state index in [0.717, 1.165) is 38.8 Å². The molecule has 0 saturated carbocycles. The summed E-state index contributed by atoms with van der Waals surface area (Å²) in [6.07, 6.45) is 4.80. The maximum atomic E-state index is 11.6. The number of rotatable bonds is 7. The van der Waals surface area contributed by atoms with Crippen molar-refractivity contribution in [1.29, 1.82) is 0 Å². The quantitative estimate of drug-likeness (QED) is 0.555. The van der Waals surface area contributed by atoms with Crippen molar-refractivity contribution in [3.05, 3.63) is 0 Å². The van der Waals surface area contributed by atoms with Crippen LogP contribution in [0.25, 0.3) is 0 Å². The lowest BCUT2D eigenvalue weighted by molar-refractivity contribution is -0.122. The van der Waals surface area contributed by atoms with Crippen LogP contribution in [-0.2, 0) is 9.59 Å². The Hall–Kier alpha value is -1.10. The van der Waals surface area contributed by atoms with E-state index in [1.54, 1.807) is 0 Å². The highest BCUT2D eigenvalue weighted by Crippen LogP contribution is 2.15. The minimum Gasteiger partial charge on any atom is -0.370 e. The molecule has 0 atom stereocenters. The van der Waals surface area contributed by atoms with Crippen LogP contribution in [0.4, 0.5) is 0 Å². The minimum atomic E-state index is -0.272. The number of nitrogens with two attached hydrogens (primary N) is 1. The zero-order valence-corrected chi connectivity index (χ0v) is 10.3. The maximum Gasteiger partial charge on any atom is 0.220 e. The van der Waals surface area contributed by atoms with Crippen molar-refractivity contribution in [3.8, 4) is 0 Å². The molecule has 0 unspecified atom stereocenters. The second-order valence-electron chi connectivity index (χ2n) is 4.67. The molecule has 1 fully saturated rings. The fourth-order valence-electron chi connectivity index (χ4n) is 2.07. The molecule has 0 bridgehead atoms. The van der Waals surface area contributed by atoms with Crippen LogP contribution in [0.1, 0.15) is 38.5 Å². The highest BCUT2D eigenvalue weighted by molar-refractivity contribution is 5.76. The zero-order valence-electron chi connectivity index (χ0n) is 10.3. The molecule has 4 N–H and O–H groups in total. The summed E-state index contributed by atoms with van der Waals surface area (Å²) in [6.45, 7) is 2.70. The van der Waals surface area contributed by atoms with Crippen LogP contribution < -0.4 is 16.4 Å². The fourth-order valence-corrected chi connectivity index (χ4v) is 2.07. The van der Waals surface area contributed by atoms with Gasteiger partial charge in [0.05, 0.1) is 0 Å². The molecular formula is C12H23N3O2. The first-order valence-electron chi connectivity index (χ1n) is 6.44. The Morgan fingerprint density at radius 3 is 2.59 bits per heavy atom. The number of primary amides is 1. The summed E-state index contributed by atoms with van der Waals surface area (Å²) in [4.78, 5) is 22.1. The van der Waals surface area contributed by atoms with Gasteiger partial charge in [-0.2, -0.15) is 0 Å². The van der Waals surface area contributed by atoms with E-state index in [1.807, 2.05) is 0 Å². The summed E-state index contributed by atoms with van der Waals surface area (Å²) in [6, 6.07) is 0. The monoisotopic (exact) mass is 241 g/mol. The Balaban J connectivity index is 1.98. The van der Waals surface area contributed by atoms with Gasteiger partial charge in [0.2, 0.25) is 11.8 Å². The first-order valence-corrected chi connectivity index (χ1v) is 6.44. The van der Waals surface area contributed by atoms with Gasteiger partial charge in [-0.05, 0) is 44.7 Å². The summed E-state index contributed by atoms with van der Waals surface area (Å²) in [5.74, 6) is 0.392. The first kappa shape index (κ1) is 14.0. The van der Waals surface area contributed by atoms with Gasteiger partial charge in [0.1, 0.15) is 0 Å². The number of amides is 2. The molecule has 0 aliphatic carbocycles. The molecule has 2 amide bonds. The third kappa shape index (κ3) is 6.94. The van der Waals surface area contributed by atoms with Crippen molar-refractivity contribution in [2.45, 2.75) is 38.5 Å². The lowest BCUT2D eigenvalue weighted by Crippen LogP contribution is -2.32. The molecule has 1 rings (SSSR count). The fraction of sp³-hybridized carbons (Fsp3) is 0.833. The van der Waals surface area contributed by atoms with Gasteiger partial charge in [-0.1, -0.05) is 0 Å². The molecule has 5 nitrogen and oxygen atoms in total. The smallest absolute Gasteiger partial charge is 0.220 e. The van der Waals surface area contributed by atoms with E-state index in [-0.39, 0.29) is 11.8 Å². The average Bonchev–Trinajstić information content (AvgIpc) is 2.29. The molecule has 5 heteroatoms. The Labute approximate surface area is 103 Å². The summed E-state index contributed by atoms with van der Waals surface area (Å²) in [5.41, 5.74) is 5.03. The van der Waals surface area contributed by atoms with Gasteiger partial charge in [-0.25, -0.2) is 0 Å². The molecule has 0 aromatic heterocycles. The normalized spacial score (nSPS) is 16.7. The third-order valence-corrected chi connectivity index (χ3v) is 3.10. The van der Waals surface area contributed by atoms with Crippen molar-refractivity contribution in [2.24, 2.45) is 11.7 Å². The predicted octanol–water partition coefficient (Wildman–Crippen LogP) is 0.148.